The molecule has 3 rings (SSSR count). The predicted octanol–water partition coefficient (Wildman–Crippen LogP) is 3.22. The van der Waals surface area contributed by atoms with E-state index in [-0.39, 0.29) is 0 Å². The zero-order valence-electron chi connectivity index (χ0n) is 10.2. The van der Waals surface area contributed by atoms with Crippen molar-refractivity contribution in [3.8, 4) is 17.1 Å². The van der Waals surface area contributed by atoms with Crippen LogP contribution in [0.3, 0.4) is 0 Å². The Bertz CT molecular complexity index is 755. The van der Waals surface area contributed by atoms with Crippen LogP contribution in [0.15, 0.2) is 42.6 Å². The SMILES string of the molecule is Nc1cc(-c2ccc(Cl)cc2Cl)nn1-c1cccnn1. The molecule has 2 N–H and O–H groups in total. The fraction of sp³-hybridized carbons (Fsp3) is 0. The van der Waals surface area contributed by atoms with E-state index in [1.165, 1.54) is 4.68 Å². The summed E-state index contributed by atoms with van der Waals surface area (Å²) >= 11 is 12.1. The number of hydrogen-bond donors (Lipinski definition) is 1. The topological polar surface area (TPSA) is 69.6 Å². The van der Waals surface area contributed by atoms with Crippen molar-refractivity contribution in [2.75, 3.05) is 5.73 Å². The number of benzene rings is 1. The van der Waals surface area contributed by atoms with Gasteiger partial charge in [-0.25, -0.2) is 0 Å². The Morgan fingerprint density at radius 1 is 1.10 bits per heavy atom. The van der Waals surface area contributed by atoms with Gasteiger partial charge in [0.2, 0.25) is 0 Å². The van der Waals surface area contributed by atoms with Gasteiger partial charge >= 0.3 is 0 Å². The number of aromatic nitrogens is 4. The minimum absolute atomic E-state index is 0.450. The van der Waals surface area contributed by atoms with E-state index in [2.05, 4.69) is 15.3 Å². The summed E-state index contributed by atoms with van der Waals surface area (Å²) in [6.45, 7) is 0. The van der Waals surface area contributed by atoms with Gasteiger partial charge < -0.3 is 5.73 Å². The molecule has 0 unspecified atom stereocenters. The molecule has 0 radical (unpaired) electrons. The van der Waals surface area contributed by atoms with Crippen LogP contribution in [0, 0.1) is 0 Å². The van der Waals surface area contributed by atoms with E-state index in [9.17, 15) is 0 Å². The van der Waals surface area contributed by atoms with Crippen LogP contribution >= 0.6 is 23.2 Å². The Morgan fingerprint density at radius 3 is 2.65 bits per heavy atom. The van der Waals surface area contributed by atoms with Gasteiger partial charge in [-0.15, -0.1) is 5.10 Å². The quantitative estimate of drug-likeness (QED) is 0.789. The average Bonchev–Trinajstić information content (AvgIpc) is 2.81. The van der Waals surface area contributed by atoms with Crippen molar-refractivity contribution in [1.82, 2.24) is 20.0 Å². The molecule has 0 aliphatic rings. The van der Waals surface area contributed by atoms with Gasteiger partial charge in [-0.05, 0) is 30.3 Å². The van der Waals surface area contributed by atoms with E-state index in [0.717, 1.165) is 5.56 Å². The van der Waals surface area contributed by atoms with E-state index in [4.69, 9.17) is 28.9 Å². The predicted molar refractivity (Wildman–Crippen MR) is 79.0 cm³/mol. The van der Waals surface area contributed by atoms with Crippen LogP contribution in [0.4, 0.5) is 5.82 Å². The summed E-state index contributed by atoms with van der Waals surface area (Å²) in [5, 5.41) is 13.3. The first-order chi connectivity index (χ1) is 9.65. The molecule has 0 saturated heterocycles. The Kier molecular flexibility index (Phi) is 3.30. The lowest BCUT2D eigenvalue weighted by atomic mass is 10.1. The fourth-order valence-corrected chi connectivity index (χ4v) is 2.32. The third-order valence-electron chi connectivity index (χ3n) is 2.72. The average molecular weight is 306 g/mol. The van der Waals surface area contributed by atoms with Gasteiger partial charge in [-0.1, -0.05) is 23.2 Å². The van der Waals surface area contributed by atoms with Crippen LogP contribution in [0.25, 0.3) is 17.1 Å². The molecule has 0 aliphatic heterocycles. The van der Waals surface area contributed by atoms with Gasteiger partial charge in [-0.3, -0.25) is 0 Å². The van der Waals surface area contributed by atoms with Crippen molar-refractivity contribution < 1.29 is 0 Å². The summed E-state index contributed by atoms with van der Waals surface area (Å²) in [6.07, 6.45) is 1.58. The molecule has 20 heavy (non-hydrogen) atoms. The molecule has 2 heterocycles. The van der Waals surface area contributed by atoms with Crippen LogP contribution in [0.1, 0.15) is 0 Å². The number of nitrogen functional groups attached to an aromatic ring is 1. The molecule has 0 aliphatic carbocycles. The summed E-state index contributed by atoms with van der Waals surface area (Å²) in [7, 11) is 0. The van der Waals surface area contributed by atoms with Crippen molar-refractivity contribution in [2.24, 2.45) is 0 Å². The van der Waals surface area contributed by atoms with Crippen LogP contribution < -0.4 is 5.73 Å². The third kappa shape index (κ3) is 2.33. The van der Waals surface area contributed by atoms with Crippen LogP contribution in [0.2, 0.25) is 10.0 Å². The Morgan fingerprint density at radius 2 is 1.95 bits per heavy atom. The molecule has 2 aromatic heterocycles. The molecule has 7 heteroatoms. The Labute approximate surface area is 125 Å². The zero-order valence-corrected chi connectivity index (χ0v) is 11.7. The number of nitrogens with zero attached hydrogens (tertiary/aromatic N) is 4. The monoisotopic (exact) mass is 305 g/mol. The van der Waals surface area contributed by atoms with Gasteiger partial charge in [0.15, 0.2) is 5.82 Å². The van der Waals surface area contributed by atoms with Gasteiger partial charge in [0.25, 0.3) is 0 Å². The van der Waals surface area contributed by atoms with Crippen molar-refractivity contribution in [3.63, 3.8) is 0 Å². The zero-order chi connectivity index (χ0) is 14.1. The second-order valence-electron chi connectivity index (χ2n) is 4.07. The first-order valence-electron chi connectivity index (χ1n) is 5.74. The van der Waals surface area contributed by atoms with Gasteiger partial charge in [0.1, 0.15) is 5.82 Å². The number of anilines is 1. The highest BCUT2D eigenvalue weighted by atomic mass is 35.5. The van der Waals surface area contributed by atoms with Gasteiger partial charge in [0.05, 0.1) is 10.7 Å². The van der Waals surface area contributed by atoms with Crippen LogP contribution in [0.5, 0.6) is 0 Å². The molecule has 0 spiro atoms. The molecule has 5 nitrogen and oxygen atoms in total. The second kappa shape index (κ2) is 5.11. The molecule has 0 bridgehead atoms. The smallest absolute Gasteiger partial charge is 0.177 e. The molecule has 3 aromatic rings. The normalized spacial score (nSPS) is 10.7. The lowest BCUT2D eigenvalue weighted by Crippen LogP contribution is -2.04. The number of hydrogen-bond acceptors (Lipinski definition) is 4. The summed E-state index contributed by atoms with van der Waals surface area (Å²) in [6, 6.07) is 10.5. The van der Waals surface area contributed by atoms with Crippen molar-refractivity contribution in [1.29, 1.82) is 0 Å². The lowest BCUT2D eigenvalue weighted by Gasteiger charge is -2.02. The molecule has 100 valence electrons. The first kappa shape index (κ1) is 12.9. The van der Waals surface area contributed by atoms with Crippen LogP contribution in [-0.4, -0.2) is 20.0 Å². The number of halogens is 2. The summed E-state index contributed by atoms with van der Waals surface area (Å²) in [5.41, 5.74) is 7.36. The first-order valence-corrected chi connectivity index (χ1v) is 6.50. The number of rotatable bonds is 2. The highest BCUT2D eigenvalue weighted by Crippen LogP contribution is 2.30. The van der Waals surface area contributed by atoms with E-state index >= 15 is 0 Å². The maximum absolute atomic E-state index is 6.17. The van der Waals surface area contributed by atoms with E-state index < -0.39 is 0 Å². The van der Waals surface area contributed by atoms with Crippen molar-refractivity contribution in [3.05, 3.63) is 52.6 Å². The van der Waals surface area contributed by atoms with Crippen molar-refractivity contribution in [2.45, 2.75) is 0 Å². The van der Waals surface area contributed by atoms with Gasteiger partial charge in [-0.2, -0.15) is 14.9 Å². The molecule has 0 fully saturated rings. The largest absolute Gasteiger partial charge is 0.384 e. The summed E-state index contributed by atoms with van der Waals surface area (Å²) < 4.78 is 1.51. The maximum atomic E-state index is 6.17. The maximum Gasteiger partial charge on any atom is 0.177 e. The third-order valence-corrected chi connectivity index (χ3v) is 3.27. The standard InChI is InChI=1S/C13H9Cl2N5/c14-8-3-4-9(10(15)6-8)11-7-12(16)20(19-11)13-2-1-5-17-18-13/h1-7H,16H2. The molecular formula is C13H9Cl2N5. The van der Waals surface area contributed by atoms with E-state index in [1.807, 2.05) is 0 Å². The molecule has 1 aromatic carbocycles. The van der Waals surface area contributed by atoms with E-state index in [1.54, 1.807) is 42.6 Å². The highest BCUT2D eigenvalue weighted by Gasteiger charge is 2.12. The lowest BCUT2D eigenvalue weighted by molar-refractivity contribution is 0.825. The Hall–Kier alpha value is -2.11. The minimum atomic E-state index is 0.450. The number of nitrogens with two attached hydrogens (primary N) is 1. The van der Waals surface area contributed by atoms with Crippen molar-refractivity contribution >= 4 is 29.0 Å². The highest BCUT2D eigenvalue weighted by molar-refractivity contribution is 6.36. The molecule has 0 amide bonds. The summed E-state index contributed by atoms with van der Waals surface area (Å²) in [4.78, 5) is 0. The summed E-state index contributed by atoms with van der Waals surface area (Å²) in [5.74, 6) is 0.993. The Balaban J connectivity index is 2.09. The molecule has 0 saturated carbocycles. The second-order valence-corrected chi connectivity index (χ2v) is 4.92. The molecular weight excluding hydrogens is 297 g/mol. The van der Waals surface area contributed by atoms with Crippen LogP contribution in [-0.2, 0) is 0 Å². The van der Waals surface area contributed by atoms with E-state index in [0.29, 0.717) is 27.4 Å². The fourth-order valence-electron chi connectivity index (χ4n) is 1.81. The minimum Gasteiger partial charge on any atom is -0.384 e. The molecule has 0 atom stereocenters. The van der Waals surface area contributed by atoms with Gasteiger partial charge in [0, 0.05) is 22.8 Å².